The molecule has 1 N–H and O–H groups in total. The van der Waals surface area contributed by atoms with Gasteiger partial charge in [0.2, 0.25) is 0 Å². The van der Waals surface area contributed by atoms with Crippen molar-refractivity contribution in [3.05, 3.63) is 72.2 Å². The second-order valence-corrected chi connectivity index (χ2v) is 6.05. The summed E-state index contributed by atoms with van der Waals surface area (Å²) in [6.07, 6.45) is 3.35. The fraction of sp³-hybridized carbons (Fsp3) is 0.150. The molecule has 0 spiro atoms. The maximum absolute atomic E-state index is 5.21. The van der Waals surface area contributed by atoms with Gasteiger partial charge in [0.1, 0.15) is 17.9 Å². The van der Waals surface area contributed by atoms with Gasteiger partial charge in [-0.3, -0.25) is 0 Å². The number of nitrogens with one attached hydrogen (secondary N) is 1. The standard InChI is InChI=1S/C20H19N5O/c1-14-3-5-15(6-4-14)11-21-19-18-12-24-25(20(18)23-13-22-19)16-7-9-17(26-2)10-8-16/h3-10,12-13H,11H2,1-2H3,(H,21,22,23). The van der Waals surface area contributed by atoms with E-state index in [1.54, 1.807) is 24.3 Å². The van der Waals surface area contributed by atoms with Gasteiger partial charge in [-0.05, 0) is 36.8 Å². The molecule has 130 valence electrons. The van der Waals surface area contributed by atoms with Gasteiger partial charge in [-0.15, -0.1) is 0 Å². The molecule has 0 aliphatic heterocycles. The Morgan fingerprint density at radius 3 is 2.50 bits per heavy atom. The number of nitrogens with zero attached hydrogens (tertiary/aromatic N) is 4. The van der Waals surface area contributed by atoms with Gasteiger partial charge in [-0.2, -0.15) is 5.10 Å². The molecule has 0 aliphatic rings. The molecule has 0 unspecified atom stereocenters. The van der Waals surface area contributed by atoms with Gasteiger partial charge in [0, 0.05) is 6.54 Å². The van der Waals surface area contributed by atoms with Crippen molar-refractivity contribution in [3.63, 3.8) is 0 Å². The highest BCUT2D eigenvalue weighted by atomic mass is 16.5. The predicted molar refractivity (Wildman–Crippen MR) is 102 cm³/mol. The van der Waals surface area contributed by atoms with E-state index in [1.165, 1.54) is 11.1 Å². The highest BCUT2D eigenvalue weighted by Gasteiger charge is 2.11. The molecule has 2 aromatic carbocycles. The van der Waals surface area contributed by atoms with Crippen molar-refractivity contribution in [1.82, 2.24) is 19.7 Å². The molecule has 26 heavy (non-hydrogen) atoms. The van der Waals surface area contributed by atoms with Gasteiger partial charge in [0.15, 0.2) is 5.65 Å². The number of benzene rings is 2. The number of hydrogen-bond donors (Lipinski definition) is 1. The summed E-state index contributed by atoms with van der Waals surface area (Å²) in [5.41, 5.74) is 4.13. The minimum Gasteiger partial charge on any atom is -0.497 e. The van der Waals surface area contributed by atoms with Gasteiger partial charge in [0.25, 0.3) is 0 Å². The Balaban J connectivity index is 1.62. The minimum absolute atomic E-state index is 0.695. The van der Waals surface area contributed by atoms with Crippen molar-refractivity contribution in [3.8, 4) is 11.4 Å². The molecule has 0 bridgehead atoms. The number of anilines is 1. The quantitative estimate of drug-likeness (QED) is 0.597. The maximum Gasteiger partial charge on any atom is 0.168 e. The fourth-order valence-electron chi connectivity index (χ4n) is 2.79. The van der Waals surface area contributed by atoms with E-state index in [2.05, 4.69) is 51.6 Å². The number of methoxy groups -OCH3 is 1. The van der Waals surface area contributed by atoms with Crippen LogP contribution in [0.5, 0.6) is 5.75 Å². The first-order valence-corrected chi connectivity index (χ1v) is 8.37. The van der Waals surface area contributed by atoms with E-state index in [-0.39, 0.29) is 0 Å². The lowest BCUT2D eigenvalue weighted by atomic mass is 10.1. The molecule has 0 radical (unpaired) electrons. The normalized spacial score (nSPS) is 10.8. The minimum atomic E-state index is 0.695. The summed E-state index contributed by atoms with van der Waals surface area (Å²) in [4.78, 5) is 8.78. The lowest BCUT2D eigenvalue weighted by Crippen LogP contribution is -2.03. The Labute approximate surface area is 151 Å². The molecule has 0 saturated carbocycles. The van der Waals surface area contributed by atoms with Crippen LogP contribution in [-0.2, 0) is 6.54 Å². The zero-order chi connectivity index (χ0) is 17.9. The smallest absolute Gasteiger partial charge is 0.168 e. The summed E-state index contributed by atoms with van der Waals surface area (Å²) in [5, 5.41) is 8.75. The molecule has 0 saturated heterocycles. The SMILES string of the molecule is COc1ccc(-n2ncc3c(NCc4ccc(C)cc4)ncnc32)cc1. The van der Waals surface area contributed by atoms with Gasteiger partial charge in [-0.1, -0.05) is 29.8 Å². The van der Waals surface area contributed by atoms with E-state index >= 15 is 0 Å². The molecule has 0 aliphatic carbocycles. The van der Waals surface area contributed by atoms with E-state index < -0.39 is 0 Å². The first-order chi connectivity index (χ1) is 12.7. The highest BCUT2D eigenvalue weighted by Crippen LogP contribution is 2.23. The third-order valence-corrected chi connectivity index (χ3v) is 4.26. The monoisotopic (exact) mass is 345 g/mol. The maximum atomic E-state index is 5.21. The van der Waals surface area contributed by atoms with Crippen LogP contribution in [-0.4, -0.2) is 26.9 Å². The van der Waals surface area contributed by atoms with E-state index in [9.17, 15) is 0 Å². The molecule has 4 rings (SSSR count). The van der Waals surface area contributed by atoms with Crippen molar-refractivity contribution in [1.29, 1.82) is 0 Å². The number of aromatic nitrogens is 4. The third kappa shape index (κ3) is 3.09. The van der Waals surface area contributed by atoms with Gasteiger partial charge in [0.05, 0.1) is 24.4 Å². The first-order valence-electron chi connectivity index (χ1n) is 8.37. The van der Waals surface area contributed by atoms with Gasteiger partial charge < -0.3 is 10.1 Å². The molecule has 4 aromatic rings. The number of rotatable bonds is 5. The molecule has 0 fully saturated rings. The summed E-state index contributed by atoms with van der Waals surface area (Å²) in [7, 11) is 1.65. The average molecular weight is 345 g/mol. The van der Waals surface area contributed by atoms with Crippen LogP contribution in [0.3, 0.4) is 0 Å². The van der Waals surface area contributed by atoms with Gasteiger partial charge in [-0.25, -0.2) is 14.6 Å². The second kappa shape index (κ2) is 6.84. The summed E-state index contributed by atoms with van der Waals surface area (Å²) in [6, 6.07) is 16.1. The second-order valence-electron chi connectivity index (χ2n) is 6.05. The first kappa shape index (κ1) is 16.1. The van der Waals surface area contributed by atoms with Crippen molar-refractivity contribution >= 4 is 16.9 Å². The summed E-state index contributed by atoms with van der Waals surface area (Å²) in [5.74, 6) is 1.58. The van der Waals surface area contributed by atoms with Crippen LogP contribution in [0, 0.1) is 6.92 Å². The molecule has 0 atom stereocenters. The Morgan fingerprint density at radius 2 is 1.77 bits per heavy atom. The van der Waals surface area contributed by atoms with Crippen LogP contribution in [0.25, 0.3) is 16.7 Å². The van der Waals surface area contributed by atoms with Crippen LogP contribution in [0.2, 0.25) is 0 Å². The molecule has 2 heterocycles. The zero-order valence-electron chi connectivity index (χ0n) is 14.7. The third-order valence-electron chi connectivity index (χ3n) is 4.26. The lowest BCUT2D eigenvalue weighted by Gasteiger charge is -2.08. The largest absolute Gasteiger partial charge is 0.497 e. The summed E-state index contributed by atoms with van der Waals surface area (Å²) < 4.78 is 7.01. The number of aryl methyl sites for hydroxylation is 1. The Hall–Kier alpha value is -3.41. The highest BCUT2D eigenvalue weighted by molar-refractivity contribution is 5.87. The van der Waals surface area contributed by atoms with Gasteiger partial charge >= 0.3 is 0 Å². The molecule has 2 aromatic heterocycles. The van der Waals surface area contributed by atoms with E-state index in [1.807, 2.05) is 24.3 Å². The van der Waals surface area contributed by atoms with Crippen molar-refractivity contribution in [2.24, 2.45) is 0 Å². The Bertz CT molecular complexity index is 1020. The topological polar surface area (TPSA) is 64.9 Å². The molecule has 0 amide bonds. The molecular weight excluding hydrogens is 326 g/mol. The van der Waals surface area contributed by atoms with Crippen LogP contribution >= 0.6 is 0 Å². The molecule has 6 heteroatoms. The van der Waals surface area contributed by atoms with E-state index in [4.69, 9.17) is 4.74 Å². The van der Waals surface area contributed by atoms with Crippen LogP contribution in [0.1, 0.15) is 11.1 Å². The number of ether oxygens (including phenoxy) is 1. The van der Waals surface area contributed by atoms with Crippen LogP contribution in [0.15, 0.2) is 61.1 Å². The summed E-state index contributed by atoms with van der Waals surface area (Å²) in [6.45, 7) is 2.78. The number of hydrogen-bond acceptors (Lipinski definition) is 5. The fourth-order valence-corrected chi connectivity index (χ4v) is 2.79. The van der Waals surface area contributed by atoms with E-state index in [0.717, 1.165) is 28.3 Å². The van der Waals surface area contributed by atoms with Crippen LogP contribution < -0.4 is 10.1 Å². The molecule has 6 nitrogen and oxygen atoms in total. The predicted octanol–water partition coefficient (Wildman–Crippen LogP) is 3.74. The lowest BCUT2D eigenvalue weighted by molar-refractivity contribution is 0.414. The molecular formula is C20H19N5O. The van der Waals surface area contributed by atoms with E-state index in [0.29, 0.717) is 6.54 Å². The Morgan fingerprint density at radius 1 is 1.00 bits per heavy atom. The number of fused-ring (bicyclic) bond motifs is 1. The van der Waals surface area contributed by atoms with Crippen molar-refractivity contribution in [2.45, 2.75) is 13.5 Å². The average Bonchev–Trinajstić information content (AvgIpc) is 3.12. The van der Waals surface area contributed by atoms with Crippen molar-refractivity contribution < 1.29 is 4.74 Å². The van der Waals surface area contributed by atoms with Crippen molar-refractivity contribution in [2.75, 3.05) is 12.4 Å². The Kier molecular flexibility index (Phi) is 4.23. The van der Waals surface area contributed by atoms with Crippen LogP contribution in [0.4, 0.5) is 5.82 Å². The zero-order valence-corrected chi connectivity index (χ0v) is 14.7. The summed E-state index contributed by atoms with van der Waals surface area (Å²) >= 11 is 0.